The van der Waals surface area contributed by atoms with Gasteiger partial charge in [0.05, 0.1) is 17.0 Å². The molecule has 1 amide bonds. The van der Waals surface area contributed by atoms with Crippen molar-refractivity contribution in [1.29, 1.82) is 0 Å². The van der Waals surface area contributed by atoms with E-state index < -0.39 is 12.0 Å². The van der Waals surface area contributed by atoms with E-state index in [-0.39, 0.29) is 12.5 Å². The molecule has 1 aliphatic rings. The molecule has 0 saturated carbocycles. The van der Waals surface area contributed by atoms with Crippen molar-refractivity contribution in [2.45, 2.75) is 6.04 Å². The molecule has 2 rings (SSSR count). The Bertz CT molecular complexity index is 514. The first kappa shape index (κ1) is 14.2. The van der Waals surface area contributed by atoms with Gasteiger partial charge < -0.3 is 14.7 Å². The molecule has 0 bridgehead atoms. The number of halogens is 1. The average molecular weight is 346 g/mol. The van der Waals surface area contributed by atoms with Crippen molar-refractivity contribution in [3.8, 4) is 0 Å². The highest BCUT2D eigenvalue weighted by Gasteiger charge is 2.31. The zero-order valence-corrected chi connectivity index (χ0v) is 12.3. The quantitative estimate of drug-likeness (QED) is 0.848. The fourth-order valence-electron chi connectivity index (χ4n) is 1.75. The number of nitrogens with zero attached hydrogens (tertiary/aromatic N) is 1. The monoisotopic (exact) mass is 345 g/mol. The number of carboxylic acid groups (broad SMARTS) is 1. The van der Waals surface area contributed by atoms with Gasteiger partial charge in [0.25, 0.3) is 0 Å². The van der Waals surface area contributed by atoms with Gasteiger partial charge in [0.2, 0.25) is 5.91 Å². The highest BCUT2D eigenvalue weighted by Crippen LogP contribution is 2.21. The summed E-state index contributed by atoms with van der Waals surface area (Å²) in [5.41, 5.74) is 0.908. The van der Waals surface area contributed by atoms with Crippen LogP contribution < -0.4 is 0 Å². The van der Waals surface area contributed by atoms with Gasteiger partial charge in [-0.1, -0.05) is 0 Å². The molecule has 7 heteroatoms. The van der Waals surface area contributed by atoms with Crippen LogP contribution in [0, 0.1) is 0 Å². The highest BCUT2D eigenvalue weighted by atomic mass is 79.9. The number of rotatable bonds is 3. The third-order valence-corrected chi connectivity index (χ3v) is 4.23. The molecule has 1 aromatic rings. The standard InChI is InChI=1S/C12H12BrNO4S/c13-10-5-8(7-19-10)1-2-11(15)14-3-4-18-6-9(14)12(16)17/h1-2,5,7,9H,3-4,6H2,(H,16,17). The van der Waals surface area contributed by atoms with Gasteiger partial charge in [0.1, 0.15) is 0 Å². The lowest BCUT2D eigenvalue weighted by Crippen LogP contribution is -2.52. The lowest BCUT2D eigenvalue weighted by molar-refractivity contribution is -0.156. The second kappa shape index (κ2) is 6.31. The fourth-order valence-corrected chi connectivity index (χ4v) is 2.89. The largest absolute Gasteiger partial charge is 0.480 e. The number of ether oxygens (including phenoxy) is 1. The molecule has 5 nitrogen and oxygen atoms in total. The van der Waals surface area contributed by atoms with E-state index in [4.69, 9.17) is 9.84 Å². The smallest absolute Gasteiger partial charge is 0.328 e. The molecule has 1 saturated heterocycles. The molecule has 0 aliphatic carbocycles. The summed E-state index contributed by atoms with van der Waals surface area (Å²) in [5, 5.41) is 10.9. The molecule has 19 heavy (non-hydrogen) atoms. The van der Waals surface area contributed by atoms with E-state index in [0.717, 1.165) is 9.35 Å². The van der Waals surface area contributed by atoms with Crippen LogP contribution in [0.3, 0.4) is 0 Å². The maximum Gasteiger partial charge on any atom is 0.328 e. The highest BCUT2D eigenvalue weighted by molar-refractivity contribution is 9.11. The van der Waals surface area contributed by atoms with E-state index in [0.29, 0.717) is 13.2 Å². The Morgan fingerprint density at radius 3 is 3.00 bits per heavy atom. The number of morpholine rings is 1. The summed E-state index contributed by atoms with van der Waals surface area (Å²) in [6.07, 6.45) is 3.08. The first-order valence-electron chi connectivity index (χ1n) is 5.61. The van der Waals surface area contributed by atoms with Crippen LogP contribution in [0.15, 0.2) is 21.3 Å². The molecule has 1 N–H and O–H groups in total. The molecule has 1 aliphatic heterocycles. The van der Waals surface area contributed by atoms with Crippen LogP contribution in [-0.4, -0.2) is 47.7 Å². The third-order valence-electron chi connectivity index (χ3n) is 2.70. The van der Waals surface area contributed by atoms with Crippen molar-refractivity contribution in [2.24, 2.45) is 0 Å². The Morgan fingerprint density at radius 2 is 2.37 bits per heavy atom. The van der Waals surface area contributed by atoms with Gasteiger partial charge in [-0.15, -0.1) is 11.3 Å². The first-order valence-corrected chi connectivity index (χ1v) is 7.28. The molecular weight excluding hydrogens is 334 g/mol. The summed E-state index contributed by atoms with van der Waals surface area (Å²) in [6.45, 7) is 0.708. The molecule has 102 valence electrons. The van der Waals surface area contributed by atoms with Crippen molar-refractivity contribution < 1.29 is 19.4 Å². The van der Waals surface area contributed by atoms with Crippen molar-refractivity contribution in [1.82, 2.24) is 4.90 Å². The molecule has 0 radical (unpaired) electrons. The summed E-state index contributed by atoms with van der Waals surface area (Å²) in [6, 6.07) is 0.989. The molecule has 0 spiro atoms. The Kier molecular flexibility index (Phi) is 4.73. The van der Waals surface area contributed by atoms with Crippen molar-refractivity contribution in [2.75, 3.05) is 19.8 Å². The second-order valence-electron chi connectivity index (χ2n) is 3.98. The van der Waals surface area contributed by atoms with Crippen LogP contribution in [0.25, 0.3) is 6.08 Å². The van der Waals surface area contributed by atoms with E-state index in [2.05, 4.69) is 15.9 Å². The van der Waals surface area contributed by atoms with Gasteiger partial charge in [-0.05, 0) is 39.0 Å². The predicted octanol–water partition coefficient (Wildman–Crippen LogP) is 1.84. The number of thiophene rings is 1. The van der Waals surface area contributed by atoms with Crippen molar-refractivity contribution >= 4 is 45.2 Å². The normalized spacial score (nSPS) is 19.8. The lowest BCUT2D eigenvalue weighted by atomic mass is 10.2. The maximum absolute atomic E-state index is 12.0. The number of carbonyl (C=O) groups is 2. The van der Waals surface area contributed by atoms with Crippen LogP contribution in [0.1, 0.15) is 5.56 Å². The Labute approximate surface area is 122 Å². The summed E-state index contributed by atoms with van der Waals surface area (Å²) in [7, 11) is 0. The summed E-state index contributed by atoms with van der Waals surface area (Å²) < 4.78 is 6.07. The minimum Gasteiger partial charge on any atom is -0.480 e. The summed E-state index contributed by atoms with van der Waals surface area (Å²) in [5.74, 6) is -1.35. The number of carboxylic acids is 1. The zero-order valence-electron chi connectivity index (χ0n) is 9.91. The second-order valence-corrected chi connectivity index (χ2v) is 6.27. The summed E-state index contributed by atoms with van der Waals surface area (Å²) >= 11 is 4.86. The van der Waals surface area contributed by atoms with E-state index in [9.17, 15) is 9.59 Å². The number of hydrogen-bond acceptors (Lipinski definition) is 4. The maximum atomic E-state index is 12.0. The minimum absolute atomic E-state index is 0.0406. The SMILES string of the molecule is O=C(O)C1COCCN1C(=O)C=Cc1csc(Br)c1. The van der Waals surface area contributed by atoms with Crippen LogP contribution in [0.2, 0.25) is 0 Å². The number of hydrogen-bond donors (Lipinski definition) is 1. The van der Waals surface area contributed by atoms with Crippen LogP contribution in [0.4, 0.5) is 0 Å². The number of amides is 1. The van der Waals surface area contributed by atoms with E-state index in [1.54, 1.807) is 6.08 Å². The van der Waals surface area contributed by atoms with Gasteiger partial charge in [-0.2, -0.15) is 0 Å². The van der Waals surface area contributed by atoms with Gasteiger partial charge in [-0.3, -0.25) is 4.79 Å². The molecule has 1 fully saturated rings. The van der Waals surface area contributed by atoms with Crippen LogP contribution in [-0.2, 0) is 14.3 Å². The average Bonchev–Trinajstić information content (AvgIpc) is 2.81. The van der Waals surface area contributed by atoms with Crippen LogP contribution >= 0.6 is 27.3 Å². The van der Waals surface area contributed by atoms with Crippen molar-refractivity contribution in [3.05, 3.63) is 26.9 Å². The molecular formula is C12H12BrNO4S. The third kappa shape index (κ3) is 3.65. The Hall–Kier alpha value is -1.18. The van der Waals surface area contributed by atoms with Gasteiger partial charge in [0, 0.05) is 12.6 Å². The Morgan fingerprint density at radius 1 is 1.58 bits per heavy atom. The number of carbonyl (C=O) groups excluding carboxylic acids is 1. The summed E-state index contributed by atoms with van der Waals surface area (Å²) in [4.78, 5) is 24.4. The molecule has 1 atom stereocenters. The van der Waals surface area contributed by atoms with Gasteiger partial charge >= 0.3 is 5.97 Å². The van der Waals surface area contributed by atoms with E-state index in [1.165, 1.54) is 22.3 Å². The predicted molar refractivity (Wildman–Crippen MR) is 75.0 cm³/mol. The van der Waals surface area contributed by atoms with Gasteiger partial charge in [0.15, 0.2) is 6.04 Å². The minimum atomic E-state index is -1.04. The first-order chi connectivity index (χ1) is 9.08. The lowest BCUT2D eigenvalue weighted by Gasteiger charge is -2.31. The van der Waals surface area contributed by atoms with E-state index >= 15 is 0 Å². The van der Waals surface area contributed by atoms with E-state index in [1.807, 2.05) is 11.4 Å². The topological polar surface area (TPSA) is 66.8 Å². The van der Waals surface area contributed by atoms with Crippen molar-refractivity contribution in [3.63, 3.8) is 0 Å². The molecule has 1 aromatic heterocycles. The molecule has 2 heterocycles. The van der Waals surface area contributed by atoms with Gasteiger partial charge in [-0.25, -0.2) is 4.79 Å². The fraction of sp³-hybridized carbons (Fsp3) is 0.333. The molecule has 1 unspecified atom stereocenters. The van der Waals surface area contributed by atoms with Crippen LogP contribution in [0.5, 0.6) is 0 Å². The number of aliphatic carboxylic acids is 1. The Balaban J connectivity index is 2.05. The molecule has 0 aromatic carbocycles. The zero-order chi connectivity index (χ0) is 13.8.